The van der Waals surface area contributed by atoms with Gasteiger partial charge in [0.2, 0.25) is 10.0 Å². The Kier molecular flexibility index (Phi) is 6.09. The number of aryl methyl sites for hydroxylation is 1. The summed E-state index contributed by atoms with van der Waals surface area (Å²) in [7, 11) is -2.43. The zero-order valence-corrected chi connectivity index (χ0v) is 17.3. The van der Waals surface area contributed by atoms with Gasteiger partial charge in [0.1, 0.15) is 5.75 Å². The van der Waals surface area contributed by atoms with E-state index < -0.39 is 21.8 Å². The van der Waals surface area contributed by atoms with Crippen molar-refractivity contribution >= 4 is 15.9 Å². The molecule has 0 atom stereocenters. The van der Waals surface area contributed by atoms with E-state index in [9.17, 15) is 26.4 Å². The molecule has 1 fully saturated rings. The molecule has 1 heterocycles. The molecule has 0 unspecified atom stereocenters. The van der Waals surface area contributed by atoms with Crippen LogP contribution in [0.5, 0.6) is 5.75 Å². The topological polar surface area (TPSA) is 66.9 Å². The molecule has 1 aliphatic rings. The number of halogens is 3. The van der Waals surface area contributed by atoms with E-state index in [2.05, 4.69) is 0 Å². The van der Waals surface area contributed by atoms with Crippen LogP contribution in [0.1, 0.15) is 21.5 Å². The third-order valence-corrected chi connectivity index (χ3v) is 6.91. The monoisotopic (exact) mass is 442 g/mol. The van der Waals surface area contributed by atoms with Gasteiger partial charge in [-0.2, -0.15) is 17.5 Å². The fourth-order valence-corrected chi connectivity index (χ4v) is 4.65. The Bertz CT molecular complexity index is 1030. The smallest absolute Gasteiger partial charge is 0.416 e. The molecule has 30 heavy (non-hydrogen) atoms. The minimum Gasteiger partial charge on any atom is -0.496 e. The van der Waals surface area contributed by atoms with Crippen molar-refractivity contribution in [3.63, 3.8) is 0 Å². The van der Waals surface area contributed by atoms with Crippen LogP contribution in [0.15, 0.2) is 47.4 Å². The number of carbonyl (C=O) groups excluding carboxylic acids is 1. The molecule has 1 aliphatic heterocycles. The Morgan fingerprint density at radius 3 is 2.13 bits per heavy atom. The van der Waals surface area contributed by atoms with Crippen LogP contribution >= 0.6 is 0 Å². The Morgan fingerprint density at radius 1 is 1.00 bits per heavy atom. The van der Waals surface area contributed by atoms with E-state index in [0.717, 1.165) is 29.8 Å². The van der Waals surface area contributed by atoms with E-state index in [0.29, 0.717) is 11.3 Å². The van der Waals surface area contributed by atoms with Crippen molar-refractivity contribution < 1.29 is 31.1 Å². The molecule has 10 heteroatoms. The highest BCUT2D eigenvalue weighted by Crippen LogP contribution is 2.30. The van der Waals surface area contributed by atoms with Gasteiger partial charge in [-0.25, -0.2) is 8.42 Å². The Hall–Kier alpha value is -2.59. The van der Waals surface area contributed by atoms with Crippen molar-refractivity contribution in [2.24, 2.45) is 0 Å². The highest BCUT2D eigenvalue weighted by Gasteiger charge is 2.33. The first-order chi connectivity index (χ1) is 14.0. The molecular weight excluding hydrogens is 421 g/mol. The first-order valence-corrected chi connectivity index (χ1v) is 10.6. The molecule has 2 aromatic carbocycles. The minimum absolute atomic E-state index is 0.0537. The summed E-state index contributed by atoms with van der Waals surface area (Å²) in [6.07, 6.45) is -4.53. The first-order valence-electron chi connectivity index (χ1n) is 9.15. The summed E-state index contributed by atoms with van der Waals surface area (Å²) in [6, 6.07) is 8.50. The van der Waals surface area contributed by atoms with Crippen molar-refractivity contribution in [2.75, 3.05) is 33.3 Å². The molecule has 1 saturated heterocycles. The van der Waals surface area contributed by atoms with Crippen molar-refractivity contribution in [1.29, 1.82) is 0 Å². The third kappa shape index (κ3) is 4.44. The first kappa shape index (κ1) is 22.1. The van der Waals surface area contributed by atoms with Gasteiger partial charge in [0, 0.05) is 31.7 Å². The average Bonchev–Trinajstić information content (AvgIpc) is 2.73. The average molecular weight is 442 g/mol. The summed E-state index contributed by atoms with van der Waals surface area (Å²) in [5.41, 5.74) is 0.420. The Morgan fingerprint density at radius 2 is 1.60 bits per heavy atom. The maximum atomic E-state index is 12.7. The molecule has 0 saturated carbocycles. The lowest BCUT2D eigenvalue weighted by molar-refractivity contribution is -0.137. The number of sulfonamides is 1. The second-order valence-corrected chi connectivity index (χ2v) is 8.84. The Labute approximate surface area is 172 Å². The van der Waals surface area contributed by atoms with Gasteiger partial charge in [-0.15, -0.1) is 0 Å². The zero-order chi connectivity index (χ0) is 22.1. The largest absolute Gasteiger partial charge is 0.496 e. The quantitative estimate of drug-likeness (QED) is 0.730. The van der Waals surface area contributed by atoms with E-state index in [1.54, 1.807) is 23.1 Å². The fourth-order valence-electron chi connectivity index (χ4n) is 3.23. The minimum atomic E-state index is -4.53. The standard InChI is InChI=1S/C20H21F3N2O4S/c1-14-3-4-15(13-18(14)29-2)19(26)24-9-11-25(12-10-24)30(27,28)17-7-5-16(6-8-17)20(21,22)23/h3-8,13H,9-12H2,1-2H3. The summed E-state index contributed by atoms with van der Waals surface area (Å²) < 4.78 is 70.0. The molecule has 6 nitrogen and oxygen atoms in total. The molecule has 0 spiro atoms. The van der Waals surface area contributed by atoms with Crippen molar-refractivity contribution in [3.05, 3.63) is 59.2 Å². The lowest BCUT2D eigenvalue weighted by Crippen LogP contribution is -2.50. The predicted octanol–water partition coefficient (Wildman–Crippen LogP) is 3.17. The number of ether oxygens (including phenoxy) is 1. The second-order valence-electron chi connectivity index (χ2n) is 6.90. The number of alkyl halides is 3. The number of hydrogen-bond acceptors (Lipinski definition) is 4. The lowest BCUT2D eigenvalue weighted by Gasteiger charge is -2.34. The van der Waals surface area contributed by atoms with Crippen LogP contribution in [0, 0.1) is 6.92 Å². The molecule has 2 aromatic rings. The molecule has 0 bridgehead atoms. The molecule has 0 aromatic heterocycles. The molecule has 3 rings (SSSR count). The van der Waals surface area contributed by atoms with Crippen LogP contribution in [0.2, 0.25) is 0 Å². The van der Waals surface area contributed by atoms with Gasteiger partial charge in [0.25, 0.3) is 5.91 Å². The van der Waals surface area contributed by atoms with Gasteiger partial charge in [-0.1, -0.05) is 6.07 Å². The van der Waals surface area contributed by atoms with Gasteiger partial charge in [-0.3, -0.25) is 4.79 Å². The van der Waals surface area contributed by atoms with Gasteiger partial charge in [-0.05, 0) is 48.9 Å². The number of carbonyl (C=O) groups is 1. The number of hydrogen-bond donors (Lipinski definition) is 0. The van der Waals surface area contributed by atoms with Crippen LogP contribution in [0.3, 0.4) is 0 Å². The second kappa shape index (κ2) is 8.27. The highest BCUT2D eigenvalue weighted by atomic mass is 32.2. The normalized spacial score (nSPS) is 15.8. The molecular formula is C20H21F3N2O4S. The van der Waals surface area contributed by atoms with E-state index >= 15 is 0 Å². The number of rotatable bonds is 4. The van der Waals surface area contributed by atoms with Crippen molar-refractivity contribution in [1.82, 2.24) is 9.21 Å². The van der Waals surface area contributed by atoms with E-state index in [1.165, 1.54) is 11.4 Å². The van der Waals surface area contributed by atoms with Crippen molar-refractivity contribution in [2.45, 2.75) is 18.0 Å². The zero-order valence-electron chi connectivity index (χ0n) is 16.4. The van der Waals surface area contributed by atoms with E-state index in [-0.39, 0.29) is 37.0 Å². The Balaban J connectivity index is 1.69. The predicted molar refractivity (Wildman–Crippen MR) is 104 cm³/mol. The summed E-state index contributed by atoms with van der Waals surface area (Å²) >= 11 is 0. The maximum Gasteiger partial charge on any atom is 0.416 e. The number of benzene rings is 2. The summed E-state index contributed by atoms with van der Waals surface area (Å²) in [5.74, 6) is 0.351. The van der Waals surface area contributed by atoms with Crippen LogP contribution in [0.25, 0.3) is 0 Å². The van der Waals surface area contributed by atoms with Crippen LogP contribution in [0.4, 0.5) is 13.2 Å². The highest BCUT2D eigenvalue weighted by molar-refractivity contribution is 7.89. The van der Waals surface area contributed by atoms with Gasteiger partial charge in [0.05, 0.1) is 17.6 Å². The molecule has 0 radical (unpaired) electrons. The molecule has 0 aliphatic carbocycles. The lowest BCUT2D eigenvalue weighted by atomic mass is 10.1. The number of nitrogens with zero attached hydrogens (tertiary/aromatic N) is 2. The van der Waals surface area contributed by atoms with Gasteiger partial charge in [0.15, 0.2) is 0 Å². The SMILES string of the molecule is COc1cc(C(=O)N2CCN(S(=O)(=O)c3ccc(C(F)(F)F)cc3)CC2)ccc1C. The molecule has 0 N–H and O–H groups in total. The van der Waals surface area contributed by atoms with E-state index in [1.807, 2.05) is 6.92 Å². The fraction of sp³-hybridized carbons (Fsp3) is 0.350. The van der Waals surface area contributed by atoms with Crippen LogP contribution in [-0.4, -0.2) is 56.8 Å². The van der Waals surface area contributed by atoms with Crippen LogP contribution in [-0.2, 0) is 16.2 Å². The van der Waals surface area contributed by atoms with Crippen molar-refractivity contribution in [3.8, 4) is 5.75 Å². The molecule has 1 amide bonds. The number of amides is 1. The molecule has 162 valence electrons. The van der Waals surface area contributed by atoms with Gasteiger partial charge < -0.3 is 9.64 Å². The summed E-state index contributed by atoms with van der Waals surface area (Å²) in [4.78, 5) is 14.1. The van der Waals surface area contributed by atoms with E-state index in [4.69, 9.17) is 4.74 Å². The third-order valence-electron chi connectivity index (χ3n) is 5.00. The number of piperazine rings is 1. The van der Waals surface area contributed by atoms with Crippen LogP contribution < -0.4 is 4.74 Å². The maximum absolute atomic E-state index is 12.7. The number of methoxy groups -OCH3 is 1. The summed E-state index contributed by atoms with van der Waals surface area (Å²) in [6.45, 7) is 2.32. The van der Waals surface area contributed by atoms with Gasteiger partial charge >= 0.3 is 6.18 Å². The summed E-state index contributed by atoms with van der Waals surface area (Å²) in [5, 5.41) is 0.